The average molecular weight is 397 g/mol. The Bertz CT molecular complexity index is 907. The van der Waals surface area contributed by atoms with Gasteiger partial charge in [0, 0.05) is 11.3 Å². The summed E-state index contributed by atoms with van der Waals surface area (Å²) in [6.07, 6.45) is -6.31. The van der Waals surface area contributed by atoms with Crippen LogP contribution in [-0.2, 0) is 12.4 Å². The van der Waals surface area contributed by atoms with E-state index in [1.165, 1.54) is 41.6 Å². The number of aromatic nitrogens is 3. The largest absolute Gasteiger partial charge is 0.416 e. The summed E-state index contributed by atoms with van der Waals surface area (Å²) in [7, 11) is 0. The van der Waals surface area contributed by atoms with Crippen molar-refractivity contribution in [3.05, 3.63) is 83.4 Å². The maximum absolute atomic E-state index is 12.8. The van der Waals surface area contributed by atoms with Crippen molar-refractivity contribution in [1.82, 2.24) is 14.8 Å². The molecule has 0 radical (unpaired) electrons. The minimum absolute atomic E-state index is 0.403. The van der Waals surface area contributed by atoms with Gasteiger partial charge in [0.2, 0.25) is 0 Å². The Morgan fingerprint density at radius 3 is 1.50 bits per heavy atom. The fourth-order valence-corrected chi connectivity index (χ4v) is 2.73. The molecule has 0 atom stereocenters. The number of benzene rings is 2. The van der Waals surface area contributed by atoms with Crippen LogP contribution < -0.4 is 0 Å². The van der Waals surface area contributed by atoms with E-state index in [4.69, 9.17) is 0 Å². The van der Waals surface area contributed by atoms with Crippen molar-refractivity contribution >= 4 is 11.3 Å². The zero-order valence-electron chi connectivity index (χ0n) is 14.4. The topological polar surface area (TPSA) is 30.7 Å². The highest BCUT2D eigenvalue weighted by Gasteiger charge is 2.31. The van der Waals surface area contributed by atoms with Crippen LogP contribution in [0.1, 0.15) is 29.2 Å². The van der Waals surface area contributed by atoms with Crippen molar-refractivity contribution in [3.8, 4) is 0 Å². The Hall–Kier alpha value is -3.10. The quantitative estimate of drug-likeness (QED) is 0.527. The van der Waals surface area contributed by atoms with E-state index in [9.17, 15) is 26.3 Å². The third kappa shape index (κ3) is 4.08. The van der Waals surface area contributed by atoms with Crippen LogP contribution in [0.2, 0.25) is 0 Å². The number of alkyl halides is 6. The molecule has 0 amide bonds. The van der Waals surface area contributed by atoms with Gasteiger partial charge in [0.15, 0.2) is 0 Å². The van der Waals surface area contributed by atoms with Crippen molar-refractivity contribution in [1.29, 1.82) is 0 Å². The van der Waals surface area contributed by atoms with Crippen LogP contribution in [0.15, 0.2) is 61.2 Å². The van der Waals surface area contributed by atoms with Gasteiger partial charge in [-0.2, -0.15) is 31.4 Å². The fourth-order valence-electron chi connectivity index (χ4n) is 2.73. The molecular weight excluding hydrogens is 384 g/mol. The van der Waals surface area contributed by atoms with E-state index in [2.05, 4.69) is 10.1 Å². The molecule has 0 aliphatic rings. The van der Waals surface area contributed by atoms with E-state index in [-0.39, 0.29) is 0 Å². The van der Waals surface area contributed by atoms with Gasteiger partial charge in [0.1, 0.15) is 12.7 Å². The SMILES string of the molecule is CC(=C(c1ccc(C(F)(F)F)cc1)c1ccc(C(F)(F)F)cc1)n1cncn1. The molecule has 0 unspecified atom stereocenters. The van der Waals surface area contributed by atoms with Gasteiger partial charge in [-0.25, -0.2) is 9.67 Å². The molecule has 2 aromatic carbocycles. The van der Waals surface area contributed by atoms with Crippen molar-refractivity contribution in [2.45, 2.75) is 19.3 Å². The third-order valence-corrected chi connectivity index (χ3v) is 4.13. The number of allylic oxidation sites excluding steroid dienone is 1. The maximum atomic E-state index is 12.8. The molecule has 0 fully saturated rings. The van der Waals surface area contributed by atoms with E-state index < -0.39 is 23.5 Å². The molecular formula is C19H13F6N3. The molecule has 0 N–H and O–H groups in total. The van der Waals surface area contributed by atoms with Gasteiger partial charge in [-0.3, -0.25) is 0 Å². The third-order valence-electron chi connectivity index (χ3n) is 4.13. The lowest BCUT2D eigenvalue weighted by Gasteiger charge is -2.15. The first-order chi connectivity index (χ1) is 13.1. The summed E-state index contributed by atoms with van der Waals surface area (Å²) in [5.74, 6) is 0. The molecule has 9 heteroatoms. The van der Waals surface area contributed by atoms with Crippen LogP contribution in [0.3, 0.4) is 0 Å². The summed E-state index contributed by atoms with van der Waals surface area (Å²) in [6, 6.07) is 8.79. The van der Waals surface area contributed by atoms with Crippen molar-refractivity contribution < 1.29 is 26.3 Å². The Morgan fingerprint density at radius 2 is 1.18 bits per heavy atom. The Morgan fingerprint density at radius 1 is 0.750 bits per heavy atom. The highest BCUT2D eigenvalue weighted by atomic mass is 19.4. The van der Waals surface area contributed by atoms with Crippen LogP contribution in [0.25, 0.3) is 11.3 Å². The predicted molar refractivity (Wildman–Crippen MR) is 90.8 cm³/mol. The van der Waals surface area contributed by atoms with E-state index in [1.54, 1.807) is 6.92 Å². The van der Waals surface area contributed by atoms with Crippen molar-refractivity contribution in [2.75, 3.05) is 0 Å². The van der Waals surface area contributed by atoms with Crippen molar-refractivity contribution in [3.63, 3.8) is 0 Å². The first-order valence-electron chi connectivity index (χ1n) is 7.98. The van der Waals surface area contributed by atoms with Crippen molar-refractivity contribution in [2.24, 2.45) is 0 Å². The molecule has 28 heavy (non-hydrogen) atoms. The van der Waals surface area contributed by atoms with E-state index in [0.29, 0.717) is 22.4 Å². The number of rotatable bonds is 3. The number of halogens is 6. The smallest absolute Gasteiger partial charge is 0.225 e. The lowest BCUT2D eigenvalue weighted by molar-refractivity contribution is -0.138. The van der Waals surface area contributed by atoms with Crippen LogP contribution in [0.5, 0.6) is 0 Å². The monoisotopic (exact) mass is 397 g/mol. The summed E-state index contributed by atoms with van der Waals surface area (Å²) < 4.78 is 78.4. The lowest BCUT2D eigenvalue weighted by Crippen LogP contribution is -2.06. The zero-order chi connectivity index (χ0) is 20.5. The Labute approximate surface area is 156 Å². The fraction of sp³-hybridized carbons (Fsp3) is 0.158. The lowest BCUT2D eigenvalue weighted by atomic mass is 9.94. The first kappa shape index (κ1) is 19.7. The summed E-state index contributed by atoms with van der Waals surface area (Å²) >= 11 is 0. The Kier molecular flexibility index (Phi) is 5.01. The first-order valence-corrected chi connectivity index (χ1v) is 7.98. The standard InChI is InChI=1S/C19H13F6N3/c1-12(28-11-26-10-27-28)17(13-2-6-15(7-3-13)18(20,21)22)14-4-8-16(9-5-14)19(23,24)25/h2-11H,1H3. The average Bonchev–Trinajstić information content (AvgIpc) is 3.16. The molecule has 146 valence electrons. The highest BCUT2D eigenvalue weighted by Crippen LogP contribution is 2.35. The molecule has 0 saturated heterocycles. The summed E-state index contributed by atoms with van der Waals surface area (Å²) in [6.45, 7) is 1.65. The second-order valence-electron chi connectivity index (χ2n) is 5.95. The molecule has 0 spiro atoms. The van der Waals surface area contributed by atoms with E-state index in [0.717, 1.165) is 24.3 Å². The normalized spacial score (nSPS) is 12.1. The second kappa shape index (κ2) is 7.14. The molecule has 1 heterocycles. The summed E-state index contributed by atoms with van der Waals surface area (Å²) in [5, 5.41) is 3.99. The van der Waals surface area contributed by atoms with E-state index in [1.807, 2.05) is 0 Å². The predicted octanol–water partition coefficient (Wildman–Crippen LogP) is 5.75. The van der Waals surface area contributed by atoms with Crippen LogP contribution in [-0.4, -0.2) is 14.8 Å². The van der Waals surface area contributed by atoms with Crippen LogP contribution in [0, 0.1) is 0 Å². The van der Waals surface area contributed by atoms with E-state index >= 15 is 0 Å². The number of nitrogens with zero attached hydrogens (tertiary/aromatic N) is 3. The van der Waals surface area contributed by atoms with Gasteiger partial charge >= 0.3 is 12.4 Å². The highest BCUT2D eigenvalue weighted by molar-refractivity contribution is 5.92. The van der Waals surface area contributed by atoms with Gasteiger partial charge in [-0.1, -0.05) is 24.3 Å². The Balaban J connectivity index is 2.13. The van der Waals surface area contributed by atoms with Gasteiger partial charge in [0.25, 0.3) is 0 Å². The molecule has 0 aliphatic carbocycles. The van der Waals surface area contributed by atoms with Gasteiger partial charge in [0.05, 0.1) is 11.1 Å². The van der Waals surface area contributed by atoms with Crippen LogP contribution in [0.4, 0.5) is 26.3 Å². The second-order valence-corrected chi connectivity index (χ2v) is 5.95. The van der Waals surface area contributed by atoms with Gasteiger partial charge < -0.3 is 0 Å². The molecule has 3 aromatic rings. The summed E-state index contributed by atoms with van der Waals surface area (Å²) in [5.41, 5.74) is 0.106. The van der Waals surface area contributed by atoms with Gasteiger partial charge in [-0.15, -0.1) is 0 Å². The van der Waals surface area contributed by atoms with Crippen LogP contribution >= 0.6 is 0 Å². The maximum Gasteiger partial charge on any atom is 0.416 e. The molecule has 3 rings (SSSR count). The molecule has 0 saturated carbocycles. The summed E-state index contributed by atoms with van der Waals surface area (Å²) in [4.78, 5) is 3.83. The molecule has 1 aromatic heterocycles. The van der Waals surface area contributed by atoms with Gasteiger partial charge in [-0.05, 0) is 42.3 Å². The molecule has 0 bridgehead atoms. The molecule has 3 nitrogen and oxygen atoms in total. The number of hydrogen-bond acceptors (Lipinski definition) is 2. The minimum Gasteiger partial charge on any atom is -0.225 e. The minimum atomic E-state index is -4.49. The zero-order valence-corrected chi connectivity index (χ0v) is 14.4. The number of hydrogen-bond donors (Lipinski definition) is 0. The molecule has 0 aliphatic heterocycles.